The van der Waals surface area contributed by atoms with Crippen molar-refractivity contribution in [2.45, 2.75) is 27.7 Å². The van der Waals surface area contributed by atoms with E-state index in [0.717, 1.165) is 0 Å². The van der Waals surface area contributed by atoms with Crippen molar-refractivity contribution in [3.63, 3.8) is 0 Å². The minimum Gasteiger partial charge on any atom is -0.478 e. The van der Waals surface area contributed by atoms with Crippen LogP contribution in [0.5, 0.6) is 0 Å². The summed E-state index contributed by atoms with van der Waals surface area (Å²) in [6.07, 6.45) is 1.47. The van der Waals surface area contributed by atoms with Gasteiger partial charge in [-0.25, -0.2) is 9.78 Å². The summed E-state index contributed by atoms with van der Waals surface area (Å²) in [4.78, 5) is 15.2. The molecule has 5 heteroatoms. The summed E-state index contributed by atoms with van der Waals surface area (Å²) >= 11 is 0. The number of carboxylic acid groups (broad SMARTS) is 1. The number of hydrogen-bond acceptors (Lipinski definition) is 4. The SMILES string of the molecule is CC(C)C(CNc1ncc(N)cc1C(=O)O)C(C)C. The molecule has 5 nitrogen and oxygen atoms in total. The Bertz CT molecular complexity index is 436. The van der Waals surface area contributed by atoms with Gasteiger partial charge in [0.05, 0.1) is 11.9 Å². The first-order chi connectivity index (χ1) is 8.82. The van der Waals surface area contributed by atoms with Crippen LogP contribution in [0.2, 0.25) is 0 Å². The van der Waals surface area contributed by atoms with Crippen molar-refractivity contribution < 1.29 is 9.90 Å². The second-order valence-corrected chi connectivity index (χ2v) is 5.50. The quantitative estimate of drug-likeness (QED) is 0.736. The second-order valence-electron chi connectivity index (χ2n) is 5.50. The maximum Gasteiger partial charge on any atom is 0.339 e. The lowest BCUT2D eigenvalue weighted by atomic mass is 9.85. The van der Waals surface area contributed by atoms with Crippen LogP contribution in [0, 0.1) is 17.8 Å². The molecule has 0 saturated carbocycles. The van der Waals surface area contributed by atoms with Gasteiger partial charge in [0, 0.05) is 6.54 Å². The fourth-order valence-corrected chi connectivity index (χ4v) is 2.24. The van der Waals surface area contributed by atoms with E-state index in [1.165, 1.54) is 12.3 Å². The number of nitrogens with one attached hydrogen (secondary N) is 1. The van der Waals surface area contributed by atoms with Crippen LogP contribution in [0.4, 0.5) is 11.5 Å². The maximum absolute atomic E-state index is 11.2. The zero-order valence-corrected chi connectivity index (χ0v) is 12.0. The van der Waals surface area contributed by atoms with E-state index in [-0.39, 0.29) is 5.56 Å². The number of carbonyl (C=O) groups is 1. The zero-order valence-electron chi connectivity index (χ0n) is 12.0. The Morgan fingerprint density at radius 2 is 1.95 bits per heavy atom. The van der Waals surface area contributed by atoms with Crippen molar-refractivity contribution in [3.05, 3.63) is 17.8 Å². The van der Waals surface area contributed by atoms with Gasteiger partial charge in [0.2, 0.25) is 0 Å². The molecule has 0 aliphatic carbocycles. The average molecular weight is 265 g/mol. The van der Waals surface area contributed by atoms with Crippen molar-refractivity contribution in [1.82, 2.24) is 4.98 Å². The number of anilines is 2. The molecule has 1 heterocycles. The molecule has 0 spiro atoms. The summed E-state index contributed by atoms with van der Waals surface area (Å²) in [5, 5.41) is 12.3. The van der Waals surface area contributed by atoms with E-state index in [1.807, 2.05) is 0 Å². The van der Waals surface area contributed by atoms with Crippen molar-refractivity contribution in [1.29, 1.82) is 0 Å². The summed E-state index contributed by atoms with van der Waals surface area (Å²) in [6, 6.07) is 1.43. The Kier molecular flexibility index (Phi) is 5.15. The lowest BCUT2D eigenvalue weighted by Crippen LogP contribution is -2.25. The highest BCUT2D eigenvalue weighted by molar-refractivity contribution is 5.94. The Balaban J connectivity index is 2.85. The fourth-order valence-electron chi connectivity index (χ4n) is 2.24. The van der Waals surface area contributed by atoms with Crippen LogP contribution in [-0.2, 0) is 0 Å². The maximum atomic E-state index is 11.2. The molecule has 0 saturated heterocycles. The minimum atomic E-state index is -1.02. The fraction of sp³-hybridized carbons (Fsp3) is 0.571. The number of aromatic nitrogens is 1. The van der Waals surface area contributed by atoms with Crippen LogP contribution in [0.15, 0.2) is 12.3 Å². The number of hydrogen-bond donors (Lipinski definition) is 3. The molecule has 0 aliphatic heterocycles. The molecule has 4 N–H and O–H groups in total. The van der Waals surface area contributed by atoms with E-state index in [1.54, 1.807) is 0 Å². The van der Waals surface area contributed by atoms with Crippen molar-refractivity contribution >= 4 is 17.5 Å². The van der Waals surface area contributed by atoms with Gasteiger partial charge in [-0.15, -0.1) is 0 Å². The van der Waals surface area contributed by atoms with E-state index < -0.39 is 5.97 Å². The molecule has 0 unspecified atom stereocenters. The third kappa shape index (κ3) is 4.12. The third-order valence-corrected chi connectivity index (χ3v) is 3.36. The molecule has 0 atom stereocenters. The van der Waals surface area contributed by atoms with Crippen LogP contribution in [0.3, 0.4) is 0 Å². The number of aromatic carboxylic acids is 1. The number of rotatable bonds is 6. The van der Waals surface area contributed by atoms with E-state index in [0.29, 0.717) is 35.8 Å². The Labute approximate surface area is 114 Å². The van der Waals surface area contributed by atoms with E-state index >= 15 is 0 Å². The van der Waals surface area contributed by atoms with E-state index in [9.17, 15) is 4.79 Å². The highest BCUT2D eigenvalue weighted by Crippen LogP contribution is 2.22. The lowest BCUT2D eigenvalue weighted by molar-refractivity contribution is 0.0697. The smallest absolute Gasteiger partial charge is 0.339 e. The third-order valence-electron chi connectivity index (χ3n) is 3.36. The Morgan fingerprint density at radius 3 is 2.42 bits per heavy atom. The molecule has 1 aromatic heterocycles. The molecule has 0 fully saturated rings. The van der Waals surface area contributed by atoms with Gasteiger partial charge in [-0.1, -0.05) is 27.7 Å². The number of carboxylic acids is 1. The summed E-state index contributed by atoms with van der Waals surface area (Å²) in [5.41, 5.74) is 6.03. The van der Waals surface area contributed by atoms with Crippen LogP contribution in [0.25, 0.3) is 0 Å². The molecule has 1 aromatic rings. The molecule has 0 radical (unpaired) electrons. The molecule has 19 heavy (non-hydrogen) atoms. The largest absolute Gasteiger partial charge is 0.478 e. The van der Waals surface area contributed by atoms with E-state index in [4.69, 9.17) is 10.8 Å². The lowest BCUT2D eigenvalue weighted by Gasteiger charge is -2.25. The van der Waals surface area contributed by atoms with Crippen molar-refractivity contribution in [2.24, 2.45) is 17.8 Å². The number of nitrogens with zero attached hydrogens (tertiary/aromatic N) is 1. The molecular weight excluding hydrogens is 242 g/mol. The van der Waals surface area contributed by atoms with Gasteiger partial charge in [-0.3, -0.25) is 0 Å². The molecule has 106 valence electrons. The normalized spacial score (nSPS) is 11.3. The van der Waals surface area contributed by atoms with Gasteiger partial charge in [0.25, 0.3) is 0 Å². The standard InChI is InChI=1S/C14H23N3O2/c1-8(2)12(9(3)4)7-17-13-11(14(18)19)5-10(15)6-16-13/h5-6,8-9,12H,7,15H2,1-4H3,(H,16,17)(H,18,19). The van der Waals surface area contributed by atoms with Gasteiger partial charge in [0.1, 0.15) is 11.4 Å². The minimum absolute atomic E-state index is 0.117. The van der Waals surface area contributed by atoms with Gasteiger partial charge in [-0.05, 0) is 23.8 Å². The van der Waals surface area contributed by atoms with Crippen LogP contribution in [-0.4, -0.2) is 22.6 Å². The predicted molar refractivity (Wildman–Crippen MR) is 77.3 cm³/mol. The predicted octanol–water partition coefficient (Wildman–Crippen LogP) is 2.70. The molecule has 0 amide bonds. The Morgan fingerprint density at radius 1 is 1.37 bits per heavy atom. The molecule has 0 aromatic carbocycles. The van der Waals surface area contributed by atoms with Crippen LogP contribution >= 0.6 is 0 Å². The summed E-state index contributed by atoms with van der Waals surface area (Å²) in [6.45, 7) is 9.37. The zero-order chi connectivity index (χ0) is 14.6. The van der Waals surface area contributed by atoms with Crippen LogP contribution in [0.1, 0.15) is 38.1 Å². The number of pyridine rings is 1. The molecule has 0 aliphatic rings. The number of nitrogen functional groups attached to an aromatic ring is 1. The summed E-state index contributed by atoms with van der Waals surface area (Å²) in [5.74, 6) is 0.867. The molecule has 0 bridgehead atoms. The molecular formula is C14H23N3O2. The van der Waals surface area contributed by atoms with Gasteiger partial charge < -0.3 is 16.2 Å². The first kappa shape index (κ1) is 15.3. The topological polar surface area (TPSA) is 88.2 Å². The van der Waals surface area contributed by atoms with Gasteiger partial charge >= 0.3 is 5.97 Å². The highest BCUT2D eigenvalue weighted by Gasteiger charge is 2.19. The monoisotopic (exact) mass is 265 g/mol. The first-order valence-electron chi connectivity index (χ1n) is 6.55. The summed E-state index contributed by atoms with van der Waals surface area (Å²) in [7, 11) is 0. The van der Waals surface area contributed by atoms with Gasteiger partial charge in [0.15, 0.2) is 0 Å². The van der Waals surface area contributed by atoms with Crippen molar-refractivity contribution in [2.75, 3.05) is 17.6 Å². The average Bonchev–Trinajstić information content (AvgIpc) is 2.29. The molecule has 1 rings (SSSR count). The second kappa shape index (κ2) is 6.41. The summed E-state index contributed by atoms with van der Waals surface area (Å²) < 4.78 is 0. The van der Waals surface area contributed by atoms with Crippen molar-refractivity contribution in [3.8, 4) is 0 Å². The van der Waals surface area contributed by atoms with Gasteiger partial charge in [-0.2, -0.15) is 0 Å². The van der Waals surface area contributed by atoms with E-state index in [2.05, 4.69) is 38.0 Å². The number of nitrogens with two attached hydrogens (primary N) is 1. The highest BCUT2D eigenvalue weighted by atomic mass is 16.4. The Hall–Kier alpha value is -1.78. The first-order valence-corrected chi connectivity index (χ1v) is 6.55. The van der Waals surface area contributed by atoms with Crippen LogP contribution < -0.4 is 11.1 Å².